The molecule has 0 aliphatic rings. The Hall–Kier alpha value is -1.31. The van der Waals surface area contributed by atoms with Crippen molar-refractivity contribution in [2.24, 2.45) is 5.92 Å². The molecule has 0 radical (unpaired) electrons. The second-order valence-electron chi connectivity index (χ2n) is 6.36. The van der Waals surface area contributed by atoms with E-state index in [-0.39, 0.29) is 5.97 Å². The van der Waals surface area contributed by atoms with Crippen LogP contribution in [0.2, 0.25) is 0 Å². The first-order chi connectivity index (χ1) is 11.7. The van der Waals surface area contributed by atoms with Crippen molar-refractivity contribution in [2.45, 2.75) is 85.0 Å². The fraction of sp³-hybridized carbons (Fsp3) is 0.682. The Kier molecular flexibility index (Phi) is 17.1. The van der Waals surface area contributed by atoms with Crippen LogP contribution in [0, 0.1) is 5.92 Å². The number of carbonyl (C=O) groups is 1. The first-order valence-corrected chi connectivity index (χ1v) is 9.79. The summed E-state index contributed by atoms with van der Waals surface area (Å²) < 4.78 is 5.11. The summed E-state index contributed by atoms with van der Waals surface area (Å²) in [6.45, 7) is 6.41. The van der Waals surface area contributed by atoms with E-state index in [1.165, 1.54) is 45.4 Å². The van der Waals surface area contributed by atoms with Crippen LogP contribution in [-0.4, -0.2) is 12.6 Å². The lowest BCUT2D eigenvalue weighted by Crippen LogP contribution is -2.11. The van der Waals surface area contributed by atoms with Crippen LogP contribution in [-0.2, 0) is 9.53 Å². The lowest BCUT2D eigenvalue weighted by atomic mass is 9.99. The average molecular weight is 335 g/mol. The Labute approximate surface area is 150 Å². The summed E-state index contributed by atoms with van der Waals surface area (Å²) in [5.41, 5.74) is 0. The third-order valence-corrected chi connectivity index (χ3v) is 4.11. The molecule has 24 heavy (non-hydrogen) atoms. The molecule has 0 saturated carbocycles. The average Bonchev–Trinajstić information content (AvgIpc) is 2.57. The van der Waals surface area contributed by atoms with Crippen molar-refractivity contribution < 1.29 is 9.53 Å². The zero-order valence-electron chi connectivity index (χ0n) is 16.1. The molecule has 0 saturated heterocycles. The van der Waals surface area contributed by atoms with Gasteiger partial charge in [0.1, 0.15) is 0 Å². The predicted octanol–water partition coefficient (Wildman–Crippen LogP) is 6.78. The van der Waals surface area contributed by atoms with Crippen molar-refractivity contribution in [3.05, 3.63) is 36.5 Å². The molecule has 0 amide bonds. The number of ether oxygens (including phenoxy) is 1. The molecule has 0 heterocycles. The number of carbonyl (C=O) groups excluding carboxylic acids is 1. The highest BCUT2D eigenvalue weighted by atomic mass is 16.5. The number of allylic oxidation sites excluding steroid dienone is 6. The van der Waals surface area contributed by atoms with Gasteiger partial charge in [-0.1, -0.05) is 76.0 Å². The fourth-order valence-electron chi connectivity index (χ4n) is 2.52. The van der Waals surface area contributed by atoms with Gasteiger partial charge in [0, 0.05) is 6.92 Å². The van der Waals surface area contributed by atoms with Crippen LogP contribution in [0.15, 0.2) is 36.5 Å². The lowest BCUT2D eigenvalue weighted by Gasteiger charge is -2.14. The second-order valence-corrected chi connectivity index (χ2v) is 6.36. The highest BCUT2D eigenvalue weighted by Crippen LogP contribution is 2.15. The Bertz CT molecular complexity index is 366. The van der Waals surface area contributed by atoms with Gasteiger partial charge in [0.05, 0.1) is 6.61 Å². The molecule has 0 aromatic carbocycles. The number of esters is 1. The highest BCUT2D eigenvalue weighted by molar-refractivity contribution is 5.65. The largest absolute Gasteiger partial charge is 0.466 e. The Balaban J connectivity index is 3.44. The van der Waals surface area contributed by atoms with E-state index in [1.807, 2.05) is 0 Å². The van der Waals surface area contributed by atoms with Crippen LogP contribution in [0.25, 0.3) is 0 Å². The van der Waals surface area contributed by atoms with Gasteiger partial charge in [-0.2, -0.15) is 0 Å². The van der Waals surface area contributed by atoms with Crippen LogP contribution >= 0.6 is 0 Å². The third kappa shape index (κ3) is 17.1. The standard InChI is InChI=1S/C22H38O2/c1-4-6-7-8-9-10-11-12-13-14-15-16-17-18-19-22(5-2)20-24-21(3)23/h6-7,9-10,12-13,22H,4-5,8,11,14-20H2,1-3H3/b7-6-,10-9-,13-12-. The van der Waals surface area contributed by atoms with Gasteiger partial charge < -0.3 is 4.74 Å². The molecule has 2 nitrogen and oxygen atoms in total. The van der Waals surface area contributed by atoms with Crippen LogP contribution in [0.5, 0.6) is 0 Å². The number of hydrogen-bond acceptors (Lipinski definition) is 2. The molecule has 0 N–H and O–H groups in total. The molecule has 2 heteroatoms. The van der Waals surface area contributed by atoms with E-state index in [0.717, 1.165) is 25.7 Å². The normalized spacial score (nSPS) is 13.3. The van der Waals surface area contributed by atoms with Crippen molar-refractivity contribution in [1.29, 1.82) is 0 Å². The molecule has 0 aliphatic carbocycles. The van der Waals surface area contributed by atoms with Gasteiger partial charge in [-0.15, -0.1) is 0 Å². The topological polar surface area (TPSA) is 26.3 Å². The highest BCUT2D eigenvalue weighted by Gasteiger charge is 2.07. The monoisotopic (exact) mass is 334 g/mol. The van der Waals surface area contributed by atoms with Gasteiger partial charge in [-0.3, -0.25) is 4.79 Å². The van der Waals surface area contributed by atoms with Crippen molar-refractivity contribution in [1.82, 2.24) is 0 Å². The maximum Gasteiger partial charge on any atom is 0.302 e. The zero-order valence-corrected chi connectivity index (χ0v) is 16.1. The molecule has 0 aromatic rings. The first kappa shape index (κ1) is 22.7. The van der Waals surface area contributed by atoms with Gasteiger partial charge in [-0.25, -0.2) is 0 Å². The second kappa shape index (κ2) is 18.0. The lowest BCUT2D eigenvalue weighted by molar-refractivity contribution is -0.142. The summed E-state index contributed by atoms with van der Waals surface area (Å²) in [6.07, 6.45) is 25.3. The minimum absolute atomic E-state index is 0.160. The van der Waals surface area contributed by atoms with Crippen molar-refractivity contribution in [2.75, 3.05) is 6.61 Å². The van der Waals surface area contributed by atoms with E-state index < -0.39 is 0 Å². The quantitative estimate of drug-likeness (QED) is 0.187. The SMILES string of the molecule is CC/C=C\C/C=C\C/C=C\CCCCCCC(CC)COC(C)=O. The molecule has 1 unspecified atom stereocenters. The smallest absolute Gasteiger partial charge is 0.302 e. The minimum atomic E-state index is -0.160. The number of hydrogen-bond donors (Lipinski definition) is 0. The summed E-state index contributed by atoms with van der Waals surface area (Å²) in [5, 5.41) is 0. The summed E-state index contributed by atoms with van der Waals surface area (Å²) in [6, 6.07) is 0. The minimum Gasteiger partial charge on any atom is -0.466 e. The van der Waals surface area contributed by atoms with E-state index in [0.29, 0.717) is 12.5 Å². The summed E-state index contributed by atoms with van der Waals surface area (Å²) in [5.74, 6) is 0.375. The third-order valence-electron chi connectivity index (χ3n) is 4.11. The number of rotatable bonds is 15. The Morgan fingerprint density at radius 3 is 2.12 bits per heavy atom. The van der Waals surface area contributed by atoms with E-state index in [4.69, 9.17) is 4.74 Å². The van der Waals surface area contributed by atoms with Crippen molar-refractivity contribution in [3.63, 3.8) is 0 Å². The van der Waals surface area contributed by atoms with Gasteiger partial charge in [0.15, 0.2) is 0 Å². The van der Waals surface area contributed by atoms with Crippen LogP contribution in [0.3, 0.4) is 0 Å². The number of unbranched alkanes of at least 4 members (excludes halogenated alkanes) is 4. The van der Waals surface area contributed by atoms with Crippen LogP contribution < -0.4 is 0 Å². The predicted molar refractivity (Wildman–Crippen MR) is 105 cm³/mol. The summed E-state index contributed by atoms with van der Waals surface area (Å²) in [4.78, 5) is 10.8. The molecule has 0 aromatic heterocycles. The molecule has 0 spiro atoms. The van der Waals surface area contributed by atoms with Crippen molar-refractivity contribution in [3.8, 4) is 0 Å². The van der Waals surface area contributed by atoms with Crippen LogP contribution in [0.1, 0.15) is 85.0 Å². The van der Waals surface area contributed by atoms with Gasteiger partial charge >= 0.3 is 5.97 Å². The Morgan fingerprint density at radius 1 is 0.875 bits per heavy atom. The summed E-state index contributed by atoms with van der Waals surface area (Å²) in [7, 11) is 0. The van der Waals surface area contributed by atoms with Gasteiger partial charge in [0.25, 0.3) is 0 Å². The van der Waals surface area contributed by atoms with Crippen molar-refractivity contribution >= 4 is 5.97 Å². The Morgan fingerprint density at radius 2 is 1.50 bits per heavy atom. The van der Waals surface area contributed by atoms with Gasteiger partial charge in [-0.05, 0) is 44.4 Å². The van der Waals surface area contributed by atoms with Gasteiger partial charge in [0.2, 0.25) is 0 Å². The van der Waals surface area contributed by atoms with E-state index in [2.05, 4.69) is 50.3 Å². The summed E-state index contributed by atoms with van der Waals surface area (Å²) >= 11 is 0. The molecule has 0 bridgehead atoms. The zero-order chi connectivity index (χ0) is 17.9. The fourth-order valence-corrected chi connectivity index (χ4v) is 2.52. The van der Waals surface area contributed by atoms with E-state index >= 15 is 0 Å². The molecular weight excluding hydrogens is 296 g/mol. The maximum absolute atomic E-state index is 10.8. The molecule has 0 fully saturated rings. The maximum atomic E-state index is 10.8. The molecule has 0 rings (SSSR count). The molecule has 0 aliphatic heterocycles. The first-order valence-electron chi connectivity index (χ1n) is 9.79. The molecule has 138 valence electrons. The van der Waals surface area contributed by atoms with Crippen LogP contribution in [0.4, 0.5) is 0 Å². The van der Waals surface area contributed by atoms with E-state index in [9.17, 15) is 4.79 Å². The molecule has 1 atom stereocenters. The molecular formula is C22H38O2. The van der Waals surface area contributed by atoms with E-state index in [1.54, 1.807) is 0 Å².